The highest BCUT2D eigenvalue weighted by Gasteiger charge is 2.12. The highest BCUT2D eigenvalue weighted by molar-refractivity contribution is 7.41. The minimum atomic E-state index is -1.22. The topological polar surface area (TPSA) is 27.7 Å². The van der Waals surface area contributed by atoms with Gasteiger partial charge in [-0.3, -0.25) is 0 Å². The van der Waals surface area contributed by atoms with Crippen LogP contribution < -0.4 is 0 Å². The lowest BCUT2D eigenvalue weighted by molar-refractivity contribution is 0.162. The van der Waals surface area contributed by atoms with Gasteiger partial charge in [0.25, 0.3) is 0 Å². The van der Waals surface area contributed by atoms with E-state index in [2.05, 4.69) is 41.9 Å². The lowest BCUT2D eigenvalue weighted by Gasteiger charge is -2.16. The van der Waals surface area contributed by atoms with Crippen molar-refractivity contribution in [1.29, 1.82) is 0 Å². The molecule has 0 unspecified atom stereocenters. The van der Waals surface area contributed by atoms with E-state index in [0.717, 1.165) is 19.3 Å². The molecule has 0 atom stereocenters. The number of thiophene rings is 2. The summed E-state index contributed by atoms with van der Waals surface area (Å²) in [6.45, 7) is 4.07. The van der Waals surface area contributed by atoms with E-state index in [1.54, 1.807) is 22.7 Å². The van der Waals surface area contributed by atoms with E-state index >= 15 is 0 Å². The zero-order chi connectivity index (χ0) is 14.8. The van der Waals surface area contributed by atoms with Crippen molar-refractivity contribution in [3.63, 3.8) is 0 Å². The van der Waals surface area contributed by atoms with Crippen LogP contribution in [0, 0.1) is 0 Å². The van der Waals surface area contributed by atoms with Crippen LogP contribution in [0.15, 0.2) is 35.0 Å². The fourth-order valence-corrected chi connectivity index (χ4v) is 4.05. The van der Waals surface area contributed by atoms with Gasteiger partial charge in [-0.25, -0.2) is 0 Å². The summed E-state index contributed by atoms with van der Waals surface area (Å²) >= 11 is 3.51. The summed E-state index contributed by atoms with van der Waals surface area (Å²) in [6.07, 6.45) is 2.81. The minimum absolute atomic E-state index is 0.648. The Morgan fingerprint density at radius 3 is 1.81 bits per heavy atom. The quantitative estimate of drug-likeness (QED) is 0.519. The summed E-state index contributed by atoms with van der Waals surface area (Å²) in [4.78, 5) is 2.66. The molecule has 2 aromatic heterocycles. The molecule has 0 aliphatic rings. The van der Waals surface area contributed by atoms with Crippen LogP contribution in [0.2, 0.25) is 0 Å². The molecule has 0 N–H and O–H groups in total. The van der Waals surface area contributed by atoms with Crippen molar-refractivity contribution in [2.24, 2.45) is 0 Å². The second-order valence-electron chi connectivity index (χ2n) is 4.38. The molecule has 21 heavy (non-hydrogen) atoms. The summed E-state index contributed by atoms with van der Waals surface area (Å²) in [5.41, 5.74) is 0. The highest BCUT2D eigenvalue weighted by atomic mass is 32.1. The SMILES string of the molecule is CCCOP(OCCc1cccs1)OCCc1cccs1. The van der Waals surface area contributed by atoms with E-state index in [9.17, 15) is 0 Å². The second-order valence-corrected chi connectivity index (χ2v) is 7.67. The Hall–Kier alpha value is -0.290. The van der Waals surface area contributed by atoms with E-state index in [0.29, 0.717) is 19.8 Å². The zero-order valence-electron chi connectivity index (χ0n) is 12.2. The summed E-state index contributed by atoms with van der Waals surface area (Å²) < 4.78 is 17.2. The van der Waals surface area contributed by atoms with Gasteiger partial charge in [0, 0.05) is 22.6 Å². The third kappa shape index (κ3) is 7.00. The van der Waals surface area contributed by atoms with Gasteiger partial charge in [-0.1, -0.05) is 19.1 Å². The molecule has 0 saturated heterocycles. The van der Waals surface area contributed by atoms with E-state index in [-0.39, 0.29) is 0 Å². The number of rotatable bonds is 11. The van der Waals surface area contributed by atoms with Crippen molar-refractivity contribution in [1.82, 2.24) is 0 Å². The van der Waals surface area contributed by atoms with Crippen LogP contribution in [-0.4, -0.2) is 19.8 Å². The summed E-state index contributed by atoms with van der Waals surface area (Å²) in [7, 11) is -1.22. The molecule has 0 aromatic carbocycles. The summed E-state index contributed by atoms with van der Waals surface area (Å²) in [6, 6.07) is 8.38. The van der Waals surface area contributed by atoms with Crippen molar-refractivity contribution in [3.8, 4) is 0 Å². The predicted octanol–water partition coefficient (Wildman–Crippen LogP) is 5.28. The Balaban J connectivity index is 1.66. The fourth-order valence-electron chi connectivity index (χ4n) is 1.63. The van der Waals surface area contributed by atoms with E-state index in [4.69, 9.17) is 13.6 Å². The highest BCUT2D eigenvalue weighted by Crippen LogP contribution is 2.40. The van der Waals surface area contributed by atoms with E-state index in [1.807, 2.05) is 0 Å². The molecule has 2 rings (SSSR count). The molecule has 116 valence electrons. The third-order valence-corrected chi connectivity index (χ3v) is 5.70. The molecule has 0 fully saturated rings. The van der Waals surface area contributed by atoms with Gasteiger partial charge in [0.2, 0.25) is 0 Å². The van der Waals surface area contributed by atoms with Crippen molar-refractivity contribution in [2.45, 2.75) is 26.2 Å². The smallest absolute Gasteiger partial charge is 0.312 e. The van der Waals surface area contributed by atoms with Crippen molar-refractivity contribution in [3.05, 3.63) is 44.8 Å². The molecule has 3 nitrogen and oxygen atoms in total. The molecular formula is C15H21O3PS2. The molecule has 2 aromatic rings. The molecule has 0 spiro atoms. The van der Waals surface area contributed by atoms with Gasteiger partial charge in [0.15, 0.2) is 0 Å². The third-order valence-electron chi connectivity index (χ3n) is 2.65. The zero-order valence-corrected chi connectivity index (χ0v) is 14.7. The first-order valence-corrected chi connectivity index (χ1v) is 9.97. The molecule has 6 heteroatoms. The minimum Gasteiger partial charge on any atom is -0.312 e. The van der Waals surface area contributed by atoms with Crippen molar-refractivity contribution >= 4 is 31.3 Å². The normalized spacial score (nSPS) is 11.3. The second kappa shape index (κ2) is 10.4. The molecular weight excluding hydrogens is 323 g/mol. The van der Waals surface area contributed by atoms with Crippen LogP contribution >= 0.6 is 31.3 Å². The van der Waals surface area contributed by atoms with Gasteiger partial charge in [0.05, 0.1) is 19.8 Å². The molecule has 0 bridgehead atoms. The number of hydrogen-bond acceptors (Lipinski definition) is 5. The van der Waals surface area contributed by atoms with Crippen LogP contribution in [0.25, 0.3) is 0 Å². The Labute approximate surface area is 135 Å². The largest absolute Gasteiger partial charge is 0.332 e. The van der Waals surface area contributed by atoms with Crippen LogP contribution in [0.1, 0.15) is 23.1 Å². The fraction of sp³-hybridized carbons (Fsp3) is 0.467. The molecule has 2 heterocycles. The maximum absolute atomic E-state index is 5.77. The molecule has 0 aliphatic carbocycles. The Morgan fingerprint density at radius 2 is 1.38 bits per heavy atom. The Kier molecular flexibility index (Phi) is 8.48. The van der Waals surface area contributed by atoms with E-state index < -0.39 is 8.60 Å². The number of hydrogen-bond donors (Lipinski definition) is 0. The molecule has 0 aliphatic heterocycles. The predicted molar refractivity (Wildman–Crippen MR) is 91.1 cm³/mol. The first kappa shape index (κ1) is 17.1. The average molecular weight is 344 g/mol. The summed E-state index contributed by atoms with van der Waals surface area (Å²) in [5.74, 6) is 0. The van der Waals surface area contributed by atoms with Crippen LogP contribution in [0.4, 0.5) is 0 Å². The first-order valence-electron chi connectivity index (χ1n) is 7.12. The van der Waals surface area contributed by atoms with Crippen LogP contribution in [0.5, 0.6) is 0 Å². The van der Waals surface area contributed by atoms with Crippen LogP contribution in [0.3, 0.4) is 0 Å². The first-order chi connectivity index (χ1) is 10.4. The Bertz CT molecular complexity index is 419. The maximum Gasteiger partial charge on any atom is 0.332 e. The lowest BCUT2D eigenvalue weighted by atomic mass is 10.4. The lowest BCUT2D eigenvalue weighted by Crippen LogP contribution is -2.02. The van der Waals surface area contributed by atoms with Gasteiger partial charge in [0.1, 0.15) is 0 Å². The van der Waals surface area contributed by atoms with E-state index in [1.165, 1.54) is 9.75 Å². The maximum atomic E-state index is 5.77. The molecule has 0 radical (unpaired) electrons. The van der Waals surface area contributed by atoms with Crippen molar-refractivity contribution in [2.75, 3.05) is 19.8 Å². The average Bonchev–Trinajstić information content (AvgIpc) is 3.17. The van der Waals surface area contributed by atoms with Gasteiger partial charge in [-0.15, -0.1) is 22.7 Å². The van der Waals surface area contributed by atoms with Gasteiger partial charge in [-0.05, 0) is 29.3 Å². The van der Waals surface area contributed by atoms with Crippen LogP contribution in [-0.2, 0) is 26.4 Å². The van der Waals surface area contributed by atoms with Gasteiger partial charge < -0.3 is 13.6 Å². The Morgan fingerprint density at radius 1 is 0.857 bits per heavy atom. The monoisotopic (exact) mass is 344 g/mol. The summed E-state index contributed by atoms with van der Waals surface area (Å²) in [5, 5.41) is 4.17. The van der Waals surface area contributed by atoms with Crippen molar-refractivity contribution < 1.29 is 13.6 Å². The van der Waals surface area contributed by atoms with Gasteiger partial charge >= 0.3 is 8.60 Å². The van der Waals surface area contributed by atoms with Gasteiger partial charge in [-0.2, -0.15) is 0 Å². The molecule has 0 amide bonds. The standard InChI is InChI=1S/C15H21O3PS2/c1-2-9-16-19(17-10-7-14-5-3-12-20-14)18-11-8-15-6-4-13-21-15/h3-6,12-13H,2,7-11H2,1H3. The molecule has 0 saturated carbocycles.